The lowest BCUT2D eigenvalue weighted by Gasteiger charge is -2.11. The molecule has 1 aromatic rings. The van der Waals surface area contributed by atoms with Crippen LogP contribution in [0.5, 0.6) is 0 Å². The van der Waals surface area contributed by atoms with Crippen LogP contribution in [0, 0.1) is 6.92 Å². The molecule has 0 unspecified atom stereocenters. The van der Waals surface area contributed by atoms with E-state index in [-0.39, 0.29) is 0 Å². The summed E-state index contributed by atoms with van der Waals surface area (Å²) in [5, 5.41) is 4.37. The molecule has 1 saturated carbocycles. The van der Waals surface area contributed by atoms with Crippen molar-refractivity contribution in [3.05, 3.63) is 5.56 Å². The molecule has 0 saturated heterocycles. The molecule has 90 valence electrons. The fourth-order valence-electron chi connectivity index (χ4n) is 1.96. The molecule has 1 aliphatic carbocycles. The highest BCUT2D eigenvalue weighted by molar-refractivity contribution is 7.10. The molecule has 1 aliphatic rings. The third kappa shape index (κ3) is 2.86. The number of rotatable bonds is 5. The molecule has 0 spiro atoms. The lowest BCUT2D eigenvalue weighted by molar-refractivity contribution is 0.0659. The van der Waals surface area contributed by atoms with Crippen LogP contribution in [0.1, 0.15) is 31.2 Å². The SMILES string of the molecule is Cc1c(N)nsc1NCCOC1CCCC1. The first-order valence-corrected chi connectivity index (χ1v) is 6.62. The van der Waals surface area contributed by atoms with Gasteiger partial charge in [-0.25, -0.2) is 0 Å². The molecule has 0 radical (unpaired) electrons. The van der Waals surface area contributed by atoms with E-state index < -0.39 is 0 Å². The molecule has 1 fully saturated rings. The van der Waals surface area contributed by atoms with Gasteiger partial charge in [0.15, 0.2) is 0 Å². The number of nitrogen functional groups attached to an aromatic ring is 1. The maximum Gasteiger partial charge on any atom is 0.142 e. The zero-order chi connectivity index (χ0) is 11.4. The molecule has 4 nitrogen and oxygen atoms in total. The zero-order valence-electron chi connectivity index (χ0n) is 9.66. The van der Waals surface area contributed by atoms with E-state index in [1.54, 1.807) is 0 Å². The molecule has 3 N–H and O–H groups in total. The number of nitrogens with zero attached hydrogens (tertiary/aromatic N) is 1. The van der Waals surface area contributed by atoms with Crippen LogP contribution in [0.25, 0.3) is 0 Å². The zero-order valence-corrected chi connectivity index (χ0v) is 10.5. The monoisotopic (exact) mass is 241 g/mol. The second-order valence-electron chi connectivity index (χ2n) is 4.23. The Kier molecular flexibility index (Phi) is 4.01. The maximum absolute atomic E-state index is 5.76. The largest absolute Gasteiger partial charge is 0.383 e. The van der Waals surface area contributed by atoms with Crippen molar-refractivity contribution >= 4 is 22.4 Å². The number of nitrogens with one attached hydrogen (secondary N) is 1. The van der Waals surface area contributed by atoms with Crippen LogP contribution in [-0.2, 0) is 4.74 Å². The average molecular weight is 241 g/mol. The molecular formula is C11H19N3OS. The van der Waals surface area contributed by atoms with E-state index >= 15 is 0 Å². The highest BCUT2D eigenvalue weighted by Crippen LogP contribution is 2.25. The fraction of sp³-hybridized carbons (Fsp3) is 0.727. The van der Waals surface area contributed by atoms with Crippen LogP contribution < -0.4 is 11.1 Å². The Morgan fingerprint density at radius 2 is 2.25 bits per heavy atom. The van der Waals surface area contributed by atoms with Gasteiger partial charge in [-0.2, -0.15) is 4.37 Å². The third-order valence-electron chi connectivity index (χ3n) is 3.00. The maximum atomic E-state index is 5.76. The van der Waals surface area contributed by atoms with Crippen LogP contribution in [0.2, 0.25) is 0 Å². The highest BCUT2D eigenvalue weighted by atomic mass is 32.1. The molecule has 1 heterocycles. The Balaban J connectivity index is 1.66. The van der Waals surface area contributed by atoms with Gasteiger partial charge in [0.2, 0.25) is 0 Å². The minimum atomic E-state index is 0.495. The van der Waals surface area contributed by atoms with Gasteiger partial charge in [0.1, 0.15) is 10.8 Å². The topological polar surface area (TPSA) is 60.2 Å². The minimum Gasteiger partial charge on any atom is -0.383 e. The first-order chi connectivity index (χ1) is 7.77. The van der Waals surface area contributed by atoms with Crippen molar-refractivity contribution in [1.82, 2.24) is 4.37 Å². The van der Waals surface area contributed by atoms with Crippen molar-refractivity contribution in [2.45, 2.75) is 38.7 Å². The molecule has 0 aliphatic heterocycles. The lowest BCUT2D eigenvalue weighted by atomic mass is 10.3. The van der Waals surface area contributed by atoms with Crippen LogP contribution in [0.15, 0.2) is 0 Å². The second-order valence-corrected chi connectivity index (χ2v) is 5.00. The smallest absolute Gasteiger partial charge is 0.142 e. The molecule has 2 rings (SSSR count). The predicted octanol–water partition coefficient (Wildman–Crippen LogP) is 2.40. The fourth-order valence-corrected chi connectivity index (χ4v) is 2.69. The Labute approximate surface area is 100 Å². The van der Waals surface area contributed by atoms with Gasteiger partial charge < -0.3 is 15.8 Å². The van der Waals surface area contributed by atoms with Gasteiger partial charge in [0, 0.05) is 12.1 Å². The molecular weight excluding hydrogens is 222 g/mol. The molecule has 0 aromatic carbocycles. The summed E-state index contributed by atoms with van der Waals surface area (Å²) in [4.78, 5) is 0. The van der Waals surface area contributed by atoms with E-state index in [1.807, 2.05) is 6.92 Å². The van der Waals surface area contributed by atoms with Crippen molar-refractivity contribution in [3.8, 4) is 0 Å². The van der Waals surface area contributed by atoms with Gasteiger partial charge in [-0.15, -0.1) is 0 Å². The van der Waals surface area contributed by atoms with E-state index in [0.29, 0.717) is 11.9 Å². The highest BCUT2D eigenvalue weighted by Gasteiger charge is 2.14. The van der Waals surface area contributed by atoms with E-state index in [9.17, 15) is 0 Å². The number of hydrogen-bond acceptors (Lipinski definition) is 5. The van der Waals surface area contributed by atoms with Crippen LogP contribution in [0.4, 0.5) is 10.8 Å². The minimum absolute atomic E-state index is 0.495. The number of ether oxygens (including phenoxy) is 1. The van der Waals surface area contributed by atoms with Crippen molar-refractivity contribution in [3.63, 3.8) is 0 Å². The van der Waals surface area contributed by atoms with E-state index in [0.717, 1.165) is 23.7 Å². The first-order valence-electron chi connectivity index (χ1n) is 5.84. The van der Waals surface area contributed by atoms with Crippen molar-refractivity contribution in [1.29, 1.82) is 0 Å². The Bertz CT molecular complexity index is 334. The summed E-state index contributed by atoms with van der Waals surface area (Å²) >= 11 is 1.42. The molecule has 0 atom stereocenters. The van der Waals surface area contributed by atoms with Gasteiger partial charge in [0.25, 0.3) is 0 Å². The van der Waals surface area contributed by atoms with Gasteiger partial charge >= 0.3 is 0 Å². The van der Waals surface area contributed by atoms with Gasteiger partial charge in [-0.3, -0.25) is 0 Å². The lowest BCUT2D eigenvalue weighted by Crippen LogP contribution is -2.15. The van der Waals surface area contributed by atoms with Crippen molar-refractivity contribution in [2.75, 3.05) is 24.2 Å². The van der Waals surface area contributed by atoms with E-state index in [2.05, 4.69) is 9.69 Å². The molecule has 0 bridgehead atoms. The molecule has 5 heteroatoms. The van der Waals surface area contributed by atoms with E-state index in [1.165, 1.54) is 37.2 Å². The summed E-state index contributed by atoms with van der Waals surface area (Å²) in [6.07, 6.45) is 5.60. The van der Waals surface area contributed by atoms with Crippen LogP contribution in [0.3, 0.4) is 0 Å². The summed E-state index contributed by atoms with van der Waals surface area (Å²) in [5.41, 5.74) is 6.72. The van der Waals surface area contributed by atoms with Gasteiger partial charge in [-0.05, 0) is 31.3 Å². The van der Waals surface area contributed by atoms with Crippen molar-refractivity contribution in [2.24, 2.45) is 0 Å². The number of aromatic nitrogens is 1. The molecule has 0 amide bonds. The average Bonchev–Trinajstić information content (AvgIpc) is 2.88. The summed E-state index contributed by atoms with van der Waals surface area (Å²) in [5.74, 6) is 0.629. The summed E-state index contributed by atoms with van der Waals surface area (Å²) in [7, 11) is 0. The third-order valence-corrected chi connectivity index (χ3v) is 3.92. The number of anilines is 2. The number of hydrogen-bond donors (Lipinski definition) is 2. The normalized spacial score (nSPS) is 16.8. The Morgan fingerprint density at radius 3 is 2.88 bits per heavy atom. The van der Waals surface area contributed by atoms with Gasteiger partial charge in [-0.1, -0.05) is 12.8 Å². The van der Waals surface area contributed by atoms with Crippen LogP contribution in [-0.4, -0.2) is 23.6 Å². The quantitative estimate of drug-likeness (QED) is 0.777. The van der Waals surface area contributed by atoms with Crippen molar-refractivity contribution < 1.29 is 4.74 Å². The standard InChI is InChI=1S/C11H19N3OS/c1-8-10(12)14-16-11(8)13-6-7-15-9-4-2-3-5-9/h9,13H,2-7H2,1H3,(H2,12,14). The summed E-state index contributed by atoms with van der Waals surface area (Å²) in [6.45, 7) is 3.58. The predicted molar refractivity (Wildman–Crippen MR) is 68.0 cm³/mol. The first kappa shape index (κ1) is 11.7. The van der Waals surface area contributed by atoms with Gasteiger partial charge in [0.05, 0.1) is 12.7 Å². The Hall–Kier alpha value is -0.810. The number of nitrogens with two attached hydrogens (primary N) is 1. The Morgan fingerprint density at radius 1 is 1.50 bits per heavy atom. The van der Waals surface area contributed by atoms with Crippen LogP contribution >= 0.6 is 11.5 Å². The molecule has 16 heavy (non-hydrogen) atoms. The van der Waals surface area contributed by atoms with E-state index in [4.69, 9.17) is 10.5 Å². The summed E-state index contributed by atoms with van der Waals surface area (Å²) in [6, 6.07) is 0. The second kappa shape index (κ2) is 5.50. The molecule has 1 aromatic heterocycles. The summed E-state index contributed by atoms with van der Waals surface area (Å²) < 4.78 is 9.85.